The number of benzene rings is 1. The Morgan fingerprint density at radius 2 is 2.05 bits per heavy atom. The minimum atomic E-state index is -3.42. The number of anilines is 1. The van der Waals surface area contributed by atoms with E-state index in [0.29, 0.717) is 17.9 Å². The molecule has 1 N–H and O–H groups in total. The Hall–Kier alpha value is -1.76. The monoisotopic (exact) mass is 324 g/mol. The zero-order chi connectivity index (χ0) is 15.9. The molecule has 3 rings (SSSR count). The summed E-state index contributed by atoms with van der Waals surface area (Å²) < 4.78 is 31.2. The summed E-state index contributed by atoms with van der Waals surface area (Å²) in [6, 6.07) is 5.60. The highest BCUT2D eigenvalue weighted by atomic mass is 32.2. The van der Waals surface area contributed by atoms with Crippen LogP contribution in [0.25, 0.3) is 0 Å². The van der Waals surface area contributed by atoms with E-state index in [1.54, 1.807) is 12.1 Å². The van der Waals surface area contributed by atoms with Crippen LogP contribution < -0.4 is 14.4 Å². The van der Waals surface area contributed by atoms with E-state index in [-0.39, 0.29) is 18.5 Å². The highest BCUT2D eigenvalue weighted by Crippen LogP contribution is 2.35. The van der Waals surface area contributed by atoms with Gasteiger partial charge in [0.1, 0.15) is 5.75 Å². The van der Waals surface area contributed by atoms with Crippen molar-refractivity contribution in [1.82, 2.24) is 5.32 Å². The summed E-state index contributed by atoms with van der Waals surface area (Å²) in [7, 11) is -3.42. The number of nitrogens with one attached hydrogen (secondary N) is 1. The van der Waals surface area contributed by atoms with Gasteiger partial charge in [-0.2, -0.15) is 0 Å². The van der Waals surface area contributed by atoms with E-state index in [2.05, 4.69) is 5.32 Å². The fourth-order valence-electron chi connectivity index (χ4n) is 2.54. The summed E-state index contributed by atoms with van der Waals surface area (Å²) in [4.78, 5) is 12.2. The average molecular weight is 324 g/mol. The SMILES string of the molecule is Cc1ccc2c(c1)N(S(C)(=O)=O)CC[C@H](C(=O)NC1CC1)O2. The van der Waals surface area contributed by atoms with Crippen LogP contribution in [0.4, 0.5) is 5.69 Å². The Kier molecular flexibility index (Phi) is 3.76. The summed E-state index contributed by atoms with van der Waals surface area (Å²) in [5.74, 6) is 0.272. The van der Waals surface area contributed by atoms with Crippen molar-refractivity contribution in [2.75, 3.05) is 17.1 Å². The Morgan fingerprint density at radius 1 is 1.32 bits per heavy atom. The molecule has 1 amide bonds. The summed E-state index contributed by atoms with van der Waals surface area (Å²) in [5, 5.41) is 2.92. The lowest BCUT2D eigenvalue weighted by molar-refractivity contribution is -0.128. The van der Waals surface area contributed by atoms with E-state index in [1.807, 2.05) is 13.0 Å². The maximum absolute atomic E-state index is 12.2. The van der Waals surface area contributed by atoms with Crippen LogP contribution in [0.15, 0.2) is 18.2 Å². The van der Waals surface area contributed by atoms with Crippen molar-refractivity contribution < 1.29 is 17.9 Å². The molecule has 1 saturated carbocycles. The van der Waals surface area contributed by atoms with Crippen molar-refractivity contribution >= 4 is 21.6 Å². The van der Waals surface area contributed by atoms with Gasteiger partial charge in [-0.15, -0.1) is 0 Å². The quantitative estimate of drug-likeness (QED) is 0.906. The molecule has 1 aromatic carbocycles. The van der Waals surface area contributed by atoms with Gasteiger partial charge in [-0.1, -0.05) is 6.07 Å². The fourth-order valence-corrected chi connectivity index (χ4v) is 3.48. The molecule has 2 aliphatic rings. The normalized spacial score (nSPS) is 21.5. The van der Waals surface area contributed by atoms with Crippen molar-refractivity contribution in [2.24, 2.45) is 0 Å². The van der Waals surface area contributed by atoms with Crippen LogP contribution >= 0.6 is 0 Å². The molecule has 6 nitrogen and oxygen atoms in total. The molecule has 0 saturated heterocycles. The van der Waals surface area contributed by atoms with Gasteiger partial charge in [-0.25, -0.2) is 8.42 Å². The van der Waals surface area contributed by atoms with E-state index < -0.39 is 16.1 Å². The number of ether oxygens (including phenoxy) is 1. The molecule has 1 atom stereocenters. The fraction of sp³-hybridized carbons (Fsp3) is 0.533. The molecule has 0 spiro atoms. The molecule has 1 heterocycles. The average Bonchev–Trinajstić information content (AvgIpc) is 3.22. The number of rotatable bonds is 3. The van der Waals surface area contributed by atoms with Crippen LogP contribution in [0.1, 0.15) is 24.8 Å². The maximum atomic E-state index is 12.2. The van der Waals surface area contributed by atoms with Gasteiger partial charge in [0.2, 0.25) is 10.0 Å². The first-order chi connectivity index (χ1) is 10.3. The standard InChI is InChI=1S/C15H20N2O4S/c1-10-3-6-13-12(9-10)17(22(2,19)20)8-7-14(21-13)15(18)16-11-4-5-11/h3,6,9,11,14H,4-5,7-8H2,1-2H3,(H,16,18)/t14-/m1/s1. The van der Waals surface area contributed by atoms with Crippen molar-refractivity contribution in [3.63, 3.8) is 0 Å². The highest BCUT2D eigenvalue weighted by Gasteiger charge is 2.33. The summed E-state index contributed by atoms with van der Waals surface area (Å²) in [6.45, 7) is 2.13. The number of amides is 1. The van der Waals surface area contributed by atoms with Crippen LogP contribution in [0, 0.1) is 6.92 Å². The molecule has 0 radical (unpaired) electrons. The zero-order valence-electron chi connectivity index (χ0n) is 12.7. The lowest BCUT2D eigenvalue weighted by Crippen LogP contribution is -2.40. The number of hydrogen-bond acceptors (Lipinski definition) is 4. The molecule has 1 aromatic rings. The minimum absolute atomic E-state index is 0.163. The molecule has 0 bridgehead atoms. The smallest absolute Gasteiger partial charge is 0.261 e. The predicted molar refractivity (Wildman–Crippen MR) is 83.6 cm³/mol. The first-order valence-corrected chi connectivity index (χ1v) is 9.25. The van der Waals surface area contributed by atoms with Gasteiger partial charge in [-0.3, -0.25) is 9.10 Å². The number of carbonyl (C=O) groups is 1. The number of fused-ring (bicyclic) bond motifs is 1. The van der Waals surface area contributed by atoms with E-state index >= 15 is 0 Å². The van der Waals surface area contributed by atoms with Gasteiger partial charge in [0.25, 0.3) is 5.91 Å². The molecule has 7 heteroatoms. The third-order valence-corrected chi connectivity index (χ3v) is 5.04. The van der Waals surface area contributed by atoms with Crippen LogP contribution in [0.2, 0.25) is 0 Å². The molecule has 0 aromatic heterocycles. The first kappa shape index (κ1) is 15.1. The summed E-state index contributed by atoms with van der Waals surface area (Å²) in [6.07, 6.45) is 2.85. The van der Waals surface area contributed by atoms with Crippen LogP contribution in [-0.4, -0.2) is 39.3 Å². The van der Waals surface area contributed by atoms with Crippen molar-refractivity contribution in [2.45, 2.75) is 38.3 Å². The second-order valence-corrected chi connectivity index (χ2v) is 7.89. The molecule has 1 aliphatic heterocycles. The number of hydrogen-bond donors (Lipinski definition) is 1. The molecule has 22 heavy (non-hydrogen) atoms. The predicted octanol–water partition coefficient (Wildman–Crippen LogP) is 1.19. The number of nitrogens with zero attached hydrogens (tertiary/aromatic N) is 1. The Morgan fingerprint density at radius 3 is 2.68 bits per heavy atom. The molecular formula is C15H20N2O4S. The lowest BCUT2D eigenvalue weighted by atomic mass is 10.2. The van der Waals surface area contributed by atoms with Gasteiger partial charge in [0.15, 0.2) is 6.10 Å². The van der Waals surface area contributed by atoms with Crippen molar-refractivity contribution in [3.05, 3.63) is 23.8 Å². The Balaban J connectivity index is 1.91. The molecule has 1 fully saturated rings. The van der Waals surface area contributed by atoms with Gasteiger partial charge < -0.3 is 10.1 Å². The Bertz CT molecular complexity index is 697. The van der Waals surface area contributed by atoms with Crippen LogP contribution in [-0.2, 0) is 14.8 Å². The third kappa shape index (κ3) is 3.19. The van der Waals surface area contributed by atoms with E-state index in [1.165, 1.54) is 10.6 Å². The second kappa shape index (κ2) is 5.46. The zero-order valence-corrected chi connectivity index (χ0v) is 13.5. The number of sulfonamides is 1. The van der Waals surface area contributed by atoms with E-state index in [4.69, 9.17) is 4.74 Å². The summed E-state index contributed by atoms with van der Waals surface area (Å²) >= 11 is 0. The third-order valence-electron chi connectivity index (χ3n) is 3.86. The van der Waals surface area contributed by atoms with Gasteiger partial charge >= 0.3 is 0 Å². The van der Waals surface area contributed by atoms with Crippen molar-refractivity contribution in [1.29, 1.82) is 0 Å². The molecule has 120 valence electrons. The highest BCUT2D eigenvalue weighted by molar-refractivity contribution is 7.92. The maximum Gasteiger partial charge on any atom is 0.261 e. The van der Waals surface area contributed by atoms with Crippen LogP contribution in [0.3, 0.4) is 0 Å². The van der Waals surface area contributed by atoms with Gasteiger partial charge in [0, 0.05) is 19.0 Å². The topological polar surface area (TPSA) is 75.7 Å². The minimum Gasteiger partial charge on any atom is -0.478 e. The van der Waals surface area contributed by atoms with Crippen molar-refractivity contribution in [3.8, 4) is 5.75 Å². The Labute approximate surface area is 130 Å². The van der Waals surface area contributed by atoms with Gasteiger partial charge in [-0.05, 0) is 37.5 Å². The van der Waals surface area contributed by atoms with Crippen LogP contribution in [0.5, 0.6) is 5.75 Å². The lowest BCUT2D eigenvalue weighted by Gasteiger charge is -2.21. The molecule has 0 unspecified atom stereocenters. The first-order valence-electron chi connectivity index (χ1n) is 7.40. The largest absolute Gasteiger partial charge is 0.478 e. The van der Waals surface area contributed by atoms with E-state index in [9.17, 15) is 13.2 Å². The number of carbonyl (C=O) groups excluding carboxylic acids is 1. The molecule has 1 aliphatic carbocycles. The summed E-state index contributed by atoms with van der Waals surface area (Å²) in [5.41, 5.74) is 1.45. The number of aryl methyl sites for hydroxylation is 1. The van der Waals surface area contributed by atoms with E-state index in [0.717, 1.165) is 18.4 Å². The molecular weight excluding hydrogens is 304 g/mol. The van der Waals surface area contributed by atoms with Gasteiger partial charge in [0.05, 0.1) is 11.9 Å². The second-order valence-electron chi connectivity index (χ2n) is 5.98.